The molecule has 1 amide bonds. The molecule has 45 heavy (non-hydrogen) atoms. The van der Waals surface area contributed by atoms with E-state index in [9.17, 15) is 4.39 Å². The molecule has 2 aromatic carbocycles. The van der Waals surface area contributed by atoms with E-state index in [4.69, 9.17) is 35.6 Å². The highest BCUT2D eigenvalue weighted by Crippen LogP contribution is 2.51. The van der Waals surface area contributed by atoms with Crippen molar-refractivity contribution in [2.24, 2.45) is 11.7 Å². The number of carbonyl (C=O) groups excluding carboxylic acids is 1. The number of amides is 1. The minimum atomic E-state index is -1.86. The van der Waals surface area contributed by atoms with Crippen LogP contribution >= 0.6 is 11.6 Å². The van der Waals surface area contributed by atoms with Gasteiger partial charge in [0.1, 0.15) is 11.4 Å². The van der Waals surface area contributed by atoms with E-state index >= 15 is 0 Å². The monoisotopic (exact) mass is 637 g/mol. The van der Waals surface area contributed by atoms with Crippen LogP contribution in [0.2, 0.25) is 5.02 Å². The molecule has 10 heteroatoms. The lowest BCUT2D eigenvalue weighted by atomic mass is 9.88. The van der Waals surface area contributed by atoms with Crippen LogP contribution in [0.4, 0.5) is 4.39 Å². The Bertz CT molecular complexity index is 1640. The summed E-state index contributed by atoms with van der Waals surface area (Å²) in [6, 6.07) is 13.2. The molecule has 2 fully saturated rings. The van der Waals surface area contributed by atoms with Crippen LogP contribution in [0.15, 0.2) is 36.4 Å². The van der Waals surface area contributed by atoms with Gasteiger partial charge in [-0.25, -0.2) is 4.98 Å². The van der Waals surface area contributed by atoms with Crippen molar-refractivity contribution < 1.29 is 28.1 Å². The SMILES string of the molecule is C/C=c1\ccc(CC(c2cc3c(c(-c4ccc5c(c4Cl)OC(F)O5)n2)OCC3C)C2CC2)c\c1=C\NC1CC1.COC.NC=O. The second-order valence-electron chi connectivity index (χ2n) is 11.8. The molecular formula is C35H41ClFN3O5. The van der Waals surface area contributed by atoms with Crippen LogP contribution in [-0.2, 0) is 16.0 Å². The van der Waals surface area contributed by atoms with Crippen molar-refractivity contribution in [2.45, 2.75) is 70.4 Å². The zero-order valence-electron chi connectivity index (χ0n) is 26.1. The van der Waals surface area contributed by atoms with E-state index in [0.29, 0.717) is 40.6 Å². The first-order valence-electron chi connectivity index (χ1n) is 15.4. The van der Waals surface area contributed by atoms with E-state index in [2.05, 4.69) is 66.2 Å². The Kier molecular flexibility index (Phi) is 10.5. The number of ether oxygens (including phenoxy) is 4. The van der Waals surface area contributed by atoms with Gasteiger partial charge in [-0.2, -0.15) is 4.39 Å². The molecule has 3 N–H and O–H groups in total. The number of hydrogen-bond donors (Lipinski definition) is 2. The van der Waals surface area contributed by atoms with Crippen molar-refractivity contribution >= 4 is 30.3 Å². The number of carbonyl (C=O) groups is 1. The minimum Gasteiger partial charge on any atom is -0.490 e. The lowest BCUT2D eigenvalue weighted by Gasteiger charge is -2.20. The van der Waals surface area contributed by atoms with Gasteiger partial charge in [-0.1, -0.05) is 36.7 Å². The molecule has 240 valence electrons. The van der Waals surface area contributed by atoms with Gasteiger partial charge in [0, 0.05) is 55.1 Å². The Morgan fingerprint density at radius 3 is 2.51 bits per heavy atom. The Morgan fingerprint density at radius 2 is 1.84 bits per heavy atom. The summed E-state index contributed by atoms with van der Waals surface area (Å²) < 4.78 is 34.5. The number of hydrogen-bond acceptors (Lipinski definition) is 7. The first kappa shape index (κ1) is 32.6. The van der Waals surface area contributed by atoms with Crippen LogP contribution in [-0.4, -0.2) is 44.8 Å². The number of halogens is 2. The lowest BCUT2D eigenvalue weighted by molar-refractivity contribution is -0.106. The third-order valence-corrected chi connectivity index (χ3v) is 8.69. The highest BCUT2D eigenvalue weighted by molar-refractivity contribution is 6.35. The first-order chi connectivity index (χ1) is 21.8. The third kappa shape index (κ3) is 7.53. The molecule has 8 nitrogen and oxygen atoms in total. The molecule has 0 bridgehead atoms. The zero-order chi connectivity index (χ0) is 32.1. The molecule has 3 unspecified atom stereocenters. The molecule has 2 aliphatic heterocycles. The minimum absolute atomic E-state index is 0.212. The Morgan fingerprint density at radius 1 is 1.11 bits per heavy atom. The van der Waals surface area contributed by atoms with Crippen LogP contribution in [0.1, 0.15) is 68.2 Å². The van der Waals surface area contributed by atoms with Gasteiger partial charge in [0.05, 0.1) is 11.6 Å². The number of primary amides is 1. The molecule has 0 radical (unpaired) electrons. The van der Waals surface area contributed by atoms with Gasteiger partial charge in [0.25, 0.3) is 0 Å². The number of fused-ring (bicyclic) bond motifs is 2. The normalized spacial score (nSPS) is 20.7. The predicted molar refractivity (Wildman–Crippen MR) is 174 cm³/mol. The maximum absolute atomic E-state index is 13.8. The number of nitrogens with one attached hydrogen (secondary N) is 1. The Hall–Kier alpha value is -3.82. The number of rotatable bonds is 7. The maximum Gasteiger partial charge on any atom is 0.397 e. The number of benzene rings is 2. The molecule has 4 aliphatic rings. The van der Waals surface area contributed by atoms with Crippen LogP contribution in [0.3, 0.4) is 0 Å². The zero-order valence-corrected chi connectivity index (χ0v) is 26.9. The van der Waals surface area contributed by atoms with Crippen molar-refractivity contribution in [3.8, 4) is 28.5 Å². The summed E-state index contributed by atoms with van der Waals surface area (Å²) in [6.45, 7) is 3.00. The Balaban J connectivity index is 0.000000620. The van der Waals surface area contributed by atoms with Crippen LogP contribution in [0.25, 0.3) is 23.5 Å². The molecule has 7 rings (SSSR count). The number of pyridine rings is 1. The highest BCUT2D eigenvalue weighted by Gasteiger charge is 2.37. The number of aromatic nitrogens is 1. The fraction of sp³-hybridized carbons (Fsp3) is 0.429. The number of nitrogens with two attached hydrogens (primary N) is 1. The van der Waals surface area contributed by atoms with Gasteiger partial charge in [-0.3, -0.25) is 4.79 Å². The van der Waals surface area contributed by atoms with Crippen molar-refractivity contribution in [1.29, 1.82) is 0 Å². The van der Waals surface area contributed by atoms with Crippen molar-refractivity contribution in [2.75, 3.05) is 20.8 Å². The summed E-state index contributed by atoms with van der Waals surface area (Å²) in [7, 11) is 3.25. The summed E-state index contributed by atoms with van der Waals surface area (Å²) in [6.07, 6.45) is 10.4. The number of methoxy groups -OCH3 is 1. The second kappa shape index (κ2) is 14.5. The molecule has 2 aliphatic carbocycles. The number of alkyl halides is 1. The smallest absolute Gasteiger partial charge is 0.397 e. The molecular weight excluding hydrogens is 597 g/mol. The molecule has 2 saturated carbocycles. The fourth-order valence-corrected chi connectivity index (χ4v) is 6.05. The fourth-order valence-electron chi connectivity index (χ4n) is 5.76. The van der Waals surface area contributed by atoms with Crippen molar-refractivity contribution in [3.05, 3.63) is 68.7 Å². The summed E-state index contributed by atoms with van der Waals surface area (Å²) in [5.41, 5.74) is 9.05. The highest BCUT2D eigenvalue weighted by atomic mass is 35.5. The lowest BCUT2D eigenvalue weighted by Crippen LogP contribution is -2.28. The molecule has 3 heterocycles. The summed E-state index contributed by atoms with van der Waals surface area (Å²) in [5, 5.41) is 6.32. The molecule has 3 aromatic rings. The average molecular weight is 638 g/mol. The molecule has 0 spiro atoms. The first-order valence-corrected chi connectivity index (χ1v) is 15.7. The van der Waals surface area contributed by atoms with Gasteiger partial charge < -0.3 is 30.0 Å². The Labute approximate surface area is 268 Å². The molecule has 3 atom stereocenters. The van der Waals surface area contributed by atoms with Gasteiger partial charge in [0.2, 0.25) is 6.41 Å². The van der Waals surface area contributed by atoms with E-state index in [1.165, 1.54) is 41.7 Å². The van der Waals surface area contributed by atoms with Gasteiger partial charge >= 0.3 is 6.54 Å². The number of nitrogens with zero attached hydrogens (tertiary/aromatic N) is 1. The van der Waals surface area contributed by atoms with Crippen LogP contribution in [0.5, 0.6) is 17.2 Å². The summed E-state index contributed by atoms with van der Waals surface area (Å²) in [5.74, 6) is 2.39. The maximum atomic E-state index is 13.8. The molecule has 0 saturated heterocycles. The van der Waals surface area contributed by atoms with E-state index in [1.54, 1.807) is 20.3 Å². The largest absolute Gasteiger partial charge is 0.490 e. The van der Waals surface area contributed by atoms with E-state index in [1.807, 2.05) is 6.07 Å². The standard InChI is InChI=1S/C32H32ClFN2O3.C2H6O.CH3NO/c1-3-19-5-4-18(12-21(19)15-35-22-8-9-22)13-25(20-6-7-20)26-14-24-17(2)16-37-30(24)29(36-26)23-10-11-27-31(28(23)33)39-32(34)38-27;1-3-2;2-1-3/h3-5,10-12,14-15,17,20,22,25,32,35H,6-9,13,16H2,1-2H3;1-2H3;1H,(H2,2,3)/b19-3+,21-15-;;. The van der Waals surface area contributed by atoms with Gasteiger partial charge in [0.15, 0.2) is 11.5 Å². The van der Waals surface area contributed by atoms with Crippen LogP contribution in [0, 0.1) is 5.92 Å². The van der Waals surface area contributed by atoms with Gasteiger partial charge in [-0.05, 0) is 85.2 Å². The predicted octanol–water partition coefficient (Wildman–Crippen LogP) is 5.31. The van der Waals surface area contributed by atoms with Crippen LogP contribution < -0.4 is 35.7 Å². The van der Waals surface area contributed by atoms with E-state index in [0.717, 1.165) is 23.4 Å². The van der Waals surface area contributed by atoms with Gasteiger partial charge in [-0.15, -0.1) is 0 Å². The third-order valence-electron chi connectivity index (χ3n) is 8.32. The summed E-state index contributed by atoms with van der Waals surface area (Å²) >= 11 is 6.75. The quantitative estimate of drug-likeness (QED) is 0.338. The topological polar surface area (TPSA) is 105 Å². The molecule has 1 aromatic heterocycles. The average Bonchev–Trinajstić information content (AvgIpc) is 3.96. The second-order valence-corrected chi connectivity index (χ2v) is 12.2. The van der Waals surface area contributed by atoms with Crippen molar-refractivity contribution in [3.63, 3.8) is 0 Å². The van der Waals surface area contributed by atoms with Crippen molar-refractivity contribution in [1.82, 2.24) is 10.3 Å². The summed E-state index contributed by atoms with van der Waals surface area (Å²) in [4.78, 5) is 13.8. The van der Waals surface area contributed by atoms with E-state index < -0.39 is 6.54 Å². The van der Waals surface area contributed by atoms with E-state index in [-0.39, 0.29) is 24.0 Å².